The Hall–Kier alpha value is -2.53. The highest BCUT2D eigenvalue weighted by Gasteiger charge is 2.84. The van der Waals surface area contributed by atoms with Gasteiger partial charge in [-0.15, -0.1) is 0 Å². The summed E-state index contributed by atoms with van der Waals surface area (Å²) in [5.74, 6) is -2.34. The van der Waals surface area contributed by atoms with Crippen LogP contribution >= 0.6 is 0 Å². The van der Waals surface area contributed by atoms with Crippen LogP contribution in [0.3, 0.4) is 0 Å². The van der Waals surface area contributed by atoms with Gasteiger partial charge in [0.05, 0.1) is 12.1 Å². The summed E-state index contributed by atoms with van der Waals surface area (Å²) in [4.78, 5) is 23.9. The van der Waals surface area contributed by atoms with Crippen LogP contribution in [0.1, 0.15) is 25.3 Å². The van der Waals surface area contributed by atoms with Crippen molar-refractivity contribution in [3.05, 3.63) is 35.6 Å². The molecule has 0 N–H and O–H groups in total. The van der Waals surface area contributed by atoms with Gasteiger partial charge in [-0.3, -0.25) is 9.59 Å². The molecule has 1 atom stereocenters. The summed E-state index contributed by atoms with van der Waals surface area (Å²) in [7, 11) is 0. The standard InChI is InChI=1S/C15H11FN2O2/c1-9(19)15(10(2)20)13(14(15,7-17)8-18)11-3-5-12(16)6-4-11/h3-6,13H,1-2H3/t13-/m1/s1. The van der Waals surface area contributed by atoms with E-state index in [1.54, 1.807) is 0 Å². The van der Waals surface area contributed by atoms with E-state index in [1.165, 1.54) is 38.1 Å². The van der Waals surface area contributed by atoms with Crippen LogP contribution in [0.25, 0.3) is 0 Å². The summed E-state index contributed by atoms with van der Waals surface area (Å²) in [6, 6.07) is 8.80. The van der Waals surface area contributed by atoms with Crippen molar-refractivity contribution in [2.75, 3.05) is 0 Å². The van der Waals surface area contributed by atoms with Crippen LogP contribution in [0.4, 0.5) is 4.39 Å². The number of benzene rings is 1. The number of halogens is 1. The van der Waals surface area contributed by atoms with E-state index in [9.17, 15) is 24.5 Å². The lowest BCUT2D eigenvalue weighted by Gasteiger charge is -2.09. The van der Waals surface area contributed by atoms with E-state index in [0.29, 0.717) is 5.56 Å². The third kappa shape index (κ3) is 1.38. The van der Waals surface area contributed by atoms with Gasteiger partial charge in [0, 0.05) is 5.92 Å². The summed E-state index contributed by atoms with van der Waals surface area (Å²) < 4.78 is 13.0. The maximum absolute atomic E-state index is 13.0. The highest BCUT2D eigenvalue weighted by molar-refractivity contribution is 6.13. The Morgan fingerprint density at radius 1 is 1.10 bits per heavy atom. The molecule has 0 amide bonds. The number of carbonyl (C=O) groups is 2. The van der Waals surface area contributed by atoms with E-state index in [-0.39, 0.29) is 0 Å². The van der Waals surface area contributed by atoms with Gasteiger partial charge in [0.1, 0.15) is 22.8 Å². The lowest BCUT2D eigenvalue weighted by Crippen LogP contribution is -2.28. The van der Waals surface area contributed by atoms with Gasteiger partial charge in [-0.2, -0.15) is 10.5 Å². The van der Waals surface area contributed by atoms with Crippen molar-refractivity contribution in [1.29, 1.82) is 10.5 Å². The largest absolute Gasteiger partial charge is 0.299 e. The van der Waals surface area contributed by atoms with Crippen LogP contribution in [0, 0.1) is 39.3 Å². The van der Waals surface area contributed by atoms with Crippen LogP contribution in [0.15, 0.2) is 24.3 Å². The minimum Gasteiger partial charge on any atom is -0.299 e. The maximum Gasteiger partial charge on any atom is 0.172 e. The number of carbonyl (C=O) groups excluding carboxylic acids is 2. The lowest BCUT2D eigenvalue weighted by atomic mass is 9.87. The molecule has 0 saturated heterocycles. The van der Waals surface area contributed by atoms with Crippen molar-refractivity contribution < 1.29 is 14.0 Å². The molecule has 1 aliphatic carbocycles. The van der Waals surface area contributed by atoms with Gasteiger partial charge in [-0.25, -0.2) is 4.39 Å². The van der Waals surface area contributed by atoms with Gasteiger partial charge < -0.3 is 0 Å². The molecule has 1 aromatic rings. The van der Waals surface area contributed by atoms with E-state index in [1.807, 2.05) is 12.1 Å². The molecule has 1 aromatic carbocycles. The van der Waals surface area contributed by atoms with E-state index >= 15 is 0 Å². The fraction of sp³-hybridized carbons (Fsp3) is 0.333. The molecule has 20 heavy (non-hydrogen) atoms. The third-order valence-electron chi connectivity index (χ3n) is 4.07. The van der Waals surface area contributed by atoms with Crippen molar-refractivity contribution >= 4 is 11.6 Å². The maximum atomic E-state index is 13.0. The molecular formula is C15H11FN2O2. The summed E-state index contributed by atoms with van der Waals surface area (Å²) in [6.07, 6.45) is 0. The number of hydrogen-bond acceptors (Lipinski definition) is 4. The normalized spacial score (nSPS) is 21.4. The second-order valence-corrected chi connectivity index (χ2v) is 4.94. The van der Waals surface area contributed by atoms with Gasteiger partial charge in [0.25, 0.3) is 0 Å². The van der Waals surface area contributed by atoms with Crippen LogP contribution in [-0.2, 0) is 9.59 Å². The number of rotatable bonds is 3. The van der Waals surface area contributed by atoms with Gasteiger partial charge >= 0.3 is 0 Å². The zero-order valence-corrected chi connectivity index (χ0v) is 11.0. The molecule has 0 unspecified atom stereocenters. The molecule has 5 heteroatoms. The van der Waals surface area contributed by atoms with Crippen LogP contribution in [0.5, 0.6) is 0 Å². The molecule has 0 aliphatic heterocycles. The summed E-state index contributed by atoms with van der Waals surface area (Å²) in [5, 5.41) is 18.7. The lowest BCUT2D eigenvalue weighted by molar-refractivity contribution is -0.133. The minimum atomic E-state index is -1.71. The van der Waals surface area contributed by atoms with Crippen molar-refractivity contribution in [3.8, 4) is 12.1 Å². The monoisotopic (exact) mass is 270 g/mol. The minimum absolute atomic E-state index is 0.444. The SMILES string of the molecule is CC(=O)C1(C(C)=O)[C@H](c2ccc(F)cc2)C1(C#N)C#N. The fourth-order valence-corrected chi connectivity index (χ4v) is 3.17. The van der Waals surface area contributed by atoms with Crippen LogP contribution < -0.4 is 0 Å². The Kier molecular flexibility index (Phi) is 2.95. The summed E-state index contributed by atoms with van der Waals surface area (Å²) in [5.41, 5.74) is -2.91. The fourth-order valence-electron chi connectivity index (χ4n) is 3.17. The summed E-state index contributed by atoms with van der Waals surface area (Å²) in [6.45, 7) is 2.41. The Bertz CT molecular complexity index is 651. The summed E-state index contributed by atoms with van der Waals surface area (Å²) >= 11 is 0. The van der Waals surface area contributed by atoms with Gasteiger partial charge in [-0.1, -0.05) is 12.1 Å². The first kappa shape index (κ1) is 13.9. The first-order valence-electron chi connectivity index (χ1n) is 5.98. The highest BCUT2D eigenvalue weighted by Crippen LogP contribution is 2.74. The molecule has 1 fully saturated rings. The third-order valence-corrected chi connectivity index (χ3v) is 4.07. The molecule has 1 saturated carbocycles. The molecular weight excluding hydrogens is 259 g/mol. The Morgan fingerprint density at radius 3 is 1.85 bits per heavy atom. The van der Waals surface area contributed by atoms with Crippen LogP contribution in [0.2, 0.25) is 0 Å². The zero-order valence-electron chi connectivity index (χ0n) is 11.0. The molecule has 2 rings (SSSR count). The molecule has 100 valence electrons. The average molecular weight is 270 g/mol. The predicted octanol–water partition coefficient (Wildman–Crippen LogP) is 2.12. The number of hydrogen-bond donors (Lipinski definition) is 0. The first-order valence-corrected chi connectivity index (χ1v) is 5.98. The second-order valence-electron chi connectivity index (χ2n) is 4.94. The number of nitrogens with zero attached hydrogens (tertiary/aromatic N) is 2. The van der Waals surface area contributed by atoms with Crippen LogP contribution in [-0.4, -0.2) is 11.6 Å². The molecule has 0 heterocycles. The molecule has 4 nitrogen and oxygen atoms in total. The predicted molar refractivity (Wildman–Crippen MR) is 66.6 cm³/mol. The number of ketones is 2. The van der Waals surface area contributed by atoms with Gasteiger partial charge in [-0.05, 0) is 31.5 Å². The number of Topliss-reactive ketones (excluding diaryl/α,β-unsaturated/α-hetero) is 2. The van der Waals surface area contributed by atoms with E-state index in [4.69, 9.17) is 0 Å². The van der Waals surface area contributed by atoms with E-state index in [0.717, 1.165) is 0 Å². The van der Waals surface area contributed by atoms with E-state index < -0.39 is 34.1 Å². The topological polar surface area (TPSA) is 81.7 Å². The van der Waals surface area contributed by atoms with Crippen molar-refractivity contribution in [2.24, 2.45) is 10.8 Å². The number of nitriles is 2. The zero-order chi connectivity index (χ0) is 15.1. The van der Waals surface area contributed by atoms with Gasteiger partial charge in [0.15, 0.2) is 5.41 Å². The molecule has 0 aromatic heterocycles. The first-order chi connectivity index (χ1) is 9.38. The van der Waals surface area contributed by atoms with Crippen molar-refractivity contribution in [3.63, 3.8) is 0 Å². The smallest absolute Gasteiger partial charge is 0.172 e. The van der Waals surface area contributed by atoms with Gasteiger partial charge in [0.2, 0.25) is 0 Å². The quantitative estimate of drug-likeness (QED) is 0.788. The molecule has 1 aliphatic rings. The molecule has 0 spiro atoms. The van der Waals surface area contributed by atoms with Crippen molar-refractivity contribution in [2.45, 2.75) is 19.8 Å². The molecule has 0 radical (unpaired) electrons. The Labute approximate surface area is 115 Å². The average Bonchev–Trinajstić information content (AvgIpc) is 3.05. The highest BCUT2D eigenvalue weighted by atomic mass is 19.1. The Balaban J connectivity index is 2.67. The molecule has 0 bridgehead atoms. The second kappa shape index (κ2) is 4.25. The Morgan fingerprint density at radius 2 is 1.55 bits per heavy atom. The van der Waals surface area contributed by atoms with Crippen molar-refractivity contribution in [1.82, 2.24) is 0 Å². The van der Waals surface area contributed by atoms with E-state index in [2.05, 4.69) is 0 Å².